The van der Waals surface area contributed by atoms with E-state index in [4.69, 9.17) is 10.5 Å². The number of hydrogen-bond acceptors (Lipinski definition) is 4. The molecular formula is C9H13N3O2. The van der Waals surface area contributed by atoms with Crippen LogP contribution in [-0.2, 0) is 4.74 Å². The molecule has 5 heteroatoms. The molecule has 5 nitrogen and oxygen atoms in total. The highest BCUT2D eigenvalue weighted by Gasteiger charge is 2.17. The normalized spacial score (nSPS) is 18.3. The molecule has 0 amide bonds. The van der Waals surface area contributed by atoms with Gasteiger partial charge in [-0.25, -0.2) is 4.68 Å². The lowest BCUT2D eigenvalue weighted by Crippen LogP contribution is -2.32. The number of nitrogens with zero attached hydrogens (tertiary/aromatic N) is 2. The summed E-state index contributed by atoms with van der Waals surface area (Å²) in [6, 6.07) is 1.66. The Balaban J connectivity index is 2.31. The molecule has 2 rings (SSSR count). The molecule has 0 radical (unpaired) electrons. The van der Waals surface area contributed by atoms with Gasteiger partial charge < -0.3 is 10.5 Å². The summed E-state index contributed by atoms with van der Waals surface area (Å²) in [6.07, 6.45) is 3.22. The topological polar surface area (TPSA) is 70.1 Å². The first-order valence-corrected chi connectivity index (χ1v) is 4.70. The minimum atomic E-state index is -0.195. The number of aromatic nitrogens is 2. The second-order valence-electron chi connectivity index (χ2n) is 3.38. The predicted molar refractivity (Wildman–Crippen MR) is 52.0 cm³/mol. The molecule has 0 unspecified atom stereocenters. The fraction of sp³-hybridized carbons (Fsp3) is 0.556. The van der Waals surface area contributed by atoms with Gasteiger partial charge >= 0.3 is 0 Å². The fourth-order valence-electron chi connectivity index (χ4n) is 1.63. The Hall–Kier alpha value is -1.36. The maximum atomic E-state index is 11.6. The van der Waals surface area contributed by atoms with Gasteiger partial charge in [-0.05, 0) is 18.9 Å². The first kappa shape index (κ1) is 9.21. The molecule has 14 heavy (non-hydrogen) atoms. The second kappa shape index (κ2) is 3.79. The Labute approximate surface area is 81.5 Å². The van der Waals surface area contributed by atoms with Crippen molar-refractivity contribution in [2.45, 2.75) is 18.9 Å². The number of nitrogen functional groups attached to an aromatic ring is 1. The van der Waals surface area contributed by atoms with Crippen molar-refractivity contribution in [3.05, 3.63) is 22.6 Å². The van der Waals surface area contributed by atoms with Gasteiger partial charge in [0.25, 0.3) is 5.56 Å². The van der Waals surface area contributed by atoms with Crippen LogP contribution in [0.4, 0.5) is 5.69 Å². The van der Waals surface area contributed by atoms with E-state index in [1.807, 2.05) is 0 Å². The van der Waals surface area contributed by atoms with Gasteiger partial charge in [0.05, 0.1) is 6.04 Å². The summed E-state index contributed by atoms with van der Waals surface area (Å²) < 4.78 is 6.69. The average Bonchev–Trinajstić information content (AvgIpc) is 2.23. The molecule has 0 aromatic carbocycles. The standard InChI is InChI=1S/C9H13N3O2/c10-8-1-4-11-12(9(8)13)7-2-5-14-6-3-7/h1,4,7H,2-3,5-6,10H2. The molecule has 0 aliphatic carbocycles. The predicted octanol–water partition coefficient (Wildman–Crippen LogP) is 0.177. The Morgan fingerprint density at radius 3 is 2.93 bits per heavy atom. The molecule has 0 atom stereocenters. The molecule has 1 fully saturated rings. The summed E-state index contributed by atoms with van der Waals surface area (Å²) in [5.74, 6) is 0. The monoisotopic (exact) mass is 195 g/mol. The highest BCUT2D eigenvalue weighted by atomic mass is 16.5. The zero-order valence-corrected chi connectivity index (χ0v) is 7.85. The van der Waals surface area contributed by atoms with Crippen molar-refractivity contribution in [2.24, 2.45) is 0 Å². The van der Waals surface area contributed by atoms with Crippen LogP contribution in [0.25, 0.3) is 0 Å². The Kier molecular flexibility index (Phi) is 2.49. The molecule has 1 aromatic rings. The largest absolute Gasteiger partial charge is 0.394 e. The van der Waals surface area contributed by atoms with Crippen LogP contribution in [0.1, 0.15) is 18.9 Å². The lowest BCUT2D eigenvalue weighted by molar-refractivity contribution is 0.0649. The molecular weight excluding hydrogens is 182 g/mol. The molecule has 1 aliphatic rings. The molecule has 1 aromatic heterocycles. The molecule has 0 saturated carbocycles. The third-order valence-electron chi connectivity index (χ3n) is 2.44. The Morgan fingerprint density at radius 2 is 2.21 bits per heavy atom. The second-order valence-corrected chi connectivity index (χ2v) is 3.38. The van der Waals surface area contributed by atoms with Crippen molar-refractivity contribution >= 4 is 5.69 Å². The van der Waals surface area contributed by atoms with Gasteiger partial charge in [0.2, 0.25) is 0 Å². The third kappa shape index (κ3) is 1.63. The molecule has 0 spiro atoms. The summed E-state index contributed by atoms with van der Waals surface area (Å²) in [5.41, 5.74) is 5.58. The maximum Gasteiger partial charge on any atom is 0.290 e. The van der Waals surface area contributed by atoms with Crippen molar-refractivity contribution in [2.75, 3.05) is 18.9 Å². The van der Waals surface area contributed by atoms with Crippen LogP contribution < -0.4 is 11.3 Å². The van der Waals surface area contributed by atoms with Gasteiger partial charge in [-0.15, -0.1) is 0 Å². The van der Waals surface area contributed by atoms with Crippen LogP contribution in [0.15, 0.2) is 17.1 Å². The fourth-order valence-corrected chi connectivity index (χ4v) is 1.63. The summed E-state index contributed by atoms with van der Waals surface area (Å²) in [6.45, 7) is 1.38. The number of anilines is 1. The van der Waals surface area contributed by atoms with Gasteiger partial charge in [0.1, 0.15) is 5.69 Å². The van der Waals surface area contributed by atoms with Gasteiger partial charge in [0.15, 0.2) is 0 Å². The lowest BCUT2D eigenvalue weighted by atomic mass is 10.1. The number of ether oxygens (including phenoxy) is 1. The van der Waals surface area contributed by atoms with E-state index in [0.717, 1.165) is 12.8 Å². The van der Waals surface area contributed by atoms with E-state index in [9.17, 15) is 4.79 Å². The Bertz CT molecular complexity index is 369. The van der Waals surface area contributed by atoms with Crippen LogP contribution in [0, 0.1) is 0 Å². The molecule has 1 saturated heterocycles. The van der Waals surface area contributed by atoms with Gasteiger partial charge in [-0.3, -0.25) is 4.79 Å². The first-order valence-electron chi connectivity index (χ1n) is 4.70. The summed E-state index contributed by atoms with van der Waals surface area (Å²) in [5, 5.41) is 4.03. The summed E-state index contributed by atoms with van der Waals surface area (Å²) in [7, 11) is 0. The minimum absolute atomic E-state index is 0.139. The average molecular weight is 195 g/mol. The van der Waals surface area contributed by atoms with Crippen molar-refractivity contribution in [1.29, 1.82) is 0 Å². The van der Waals surface area contributed by atoms with Gasteiger partial charge in [-0.2, -0.15) is 5.10 Å². The van der Waals surface area contributed by atoms with Crippen molar-refractivity contribution in [3.8, 4) is 0 Å². The summed E-state index contributed by atoms with van der Waals surface area (Å²) in [4.78, 5) is 11.6. The summed E-state index contributed by atoms with van der Waals surface area (Å²) >= 11 is 0. The highest BCUT2D eigenvalue weighted by Crippen LogP contribution is 2.17. The number of nitrogens with two attached hydrogens (primary N) is 1. The molecule has 0 bridgehead atoms. The Morgan fingerprint density at radius 1 is 1.50 bits per heavy atom. The quantitative estimate of drug-likeness (QED) is 0.693. The van der Waals surface area contributed by atoms with Crippen LogP contribution in [0.2, 0.25) is 0 Å². The molecule has 2 heterocycles. The minimum Gasteiger partial charge on any atom is -0.394 e. The SMILES string of the molecule is Nc1ccnn(C2CCOCC2)c1=O. The van der Waals surface area contributed by atoms with E-state index in [2.05, 4.69) is 5.10 Å². The smallest absolute Gasteiger partial charge is 0.290 e. The van der Waals surface area contributed by atoms with Crippen LogP contribution in [-0.4, -0.2) is 23.0 Å². The van der Waals surface area contributed by atoms with E-state index in [-0.39, 0.29) is 17.3 Å². The van der Waals surface area contributed by atoms with Crippen LogP contribution in [0.5, 0.6) is 0 Å². The molecule has 2 N–H and O–H groups in total. The lowest BCUT2D eigenvalue weighted by Gasteiger charge is -2.22. The molecule has 76 valence electrons. The van der Waals surface area contributed by atoms with E-state index < -0.39 is 0 Å². The van der Waals surface area contributed by atoms with E-state index in [1.165, 1.54) is 10.7 Å². The van der Waals surface area contributed by atoms with E-state index >= 15 is 0 Å². The molecule has 1 aliphatic heterocycles. The van der Waals surface area contributed by atoms with E-state index in [1.54, 1.807) is 6.20 Å². The van der Waals surface area contributed by atoms with Gasteiger partial charge in [0, 0.05) is 19.4 Å². The van der Waals surface area contributed by atoms with Gasteiger partial charge in [-0.1, -0.05) is 0 Å². The zero-order valence-electron chi connectivity index (χ0n) is 7.85. The maximum absolute atomic E-state index is 11.6. The van der Waals surface area contributed by atoms with Crippen molar-refractivity contribution in [3.63, 3.8) is 0 Å². The number of hydrogen-bond donors (Lipinski definition) is 1. The first-order chi connectivity index (χ1) is 6.79. The van der Waals surface area contributed by atoms with Crippen LogP contribution >= 0.6 is 0 Å². The van der Waals surface area contributed by atoms with Crippen LogP contribution in [0.3, 0.4) is 0 Å². The highest BCUT2D eigenvalue weighted by molar-refractivity contribution is 5.32. The zero-order chi connectivity index (χ0) is 9.97. The third-order valence-corrected chi connectivity index (χ3v) is 2.44. The van der Waals surface area contributed by atoms with E-state index in [0.29, 0.717) is 13.2 Å². The number of rotatable bonds is 1. The van der Waals surface area contributed by atoms with Crippen molar-refractivity contribution < 1.29 is 4.74 Å². The van der Waals surface area contributed by atoms with Crippen molar-refractivity contribution in [1.82, 2.24) is 9.78 Å².